The fraction of sp³-hybridized carbons (Fsp3) is 0.550. The third-order valence-electron chi connectivity index (χ3n) is 5.63. The number of aromatic nitrogens is 1. The van der Waals surface area contributed by atoms with Crippen LogP contribution in [0.15, 0.2) is 29.4 Å². The molecule has 4 rings (SSSR count). The lowest BCUT2D eigenvalue weighted by Gasteiger charge is -2.25. The van der Waals surface area contributed by atoms with Crippen molar-refractivity contribution in [3.8, 4) is 0 Å². The highest BCUT2D eigenvalue weighted by Gasteiger charge is 2.42. The molecule has 2 saturated heterocycles. The molecule has 26 heavy (non-hydrogen) atoms. The molecule has 0 bridgehead atoms. The van der Waals surface area contributed by atoms with Crippen molar-refractivity contribution in [1.82, 2.24) is 15.2 Å². The summed E-state index contributed by atoms with van der Waals surface area (Å²) in [6, 6.07) is 4.87. The number of hydrogen-bond donors (Lipinski definition) is 2. The topological polar surface area (TPSA) is 52.7 Å². The van der Waals surface area contributed by atoms with E-state index in [0.29, 0.717) is 12.0 Å². The van der Waals surface area contributed by atoms with Crippen molar-refractivity contribution in [2.75, 3.05) is 39.4 Å². The van der Waals surface area contributed by atoms with Crippen molar-refractivity contribution in [2.45, 2.75) is 26.2 Å². The molecule has 0 amide bonds. The highest BCUT2D eigenvalue weighted by Crippen LogP contribution is 2.38. The highest BCUT2D eigenvalue weighted by molar-refractivity contribution is 5.83. The minimum Gasteiger partial charge on any atom is -0.381 e. The van der Waals surface area contributed by atoms with Crippen molar-refractivity contribution < 1.29 is 9.13 Å². The first-order chi connectivity index (χ1) is 12.7. The van der Waals surface area contributed by atoms with Gasteiger partial charge in [-0.05, 0) is 49.9 Å². The quantitative estimate of drug-likeness (QED) is 0.653. The fourth-order valence-corrected chi connectivity index (χ4v) is 4.15. The predicted molar refractivity (Wildman–Crippen MR) is 102 cm³/mol. The molecule has 0 radical (unpaired) electrons. The van der Waals surface area contributed by atoms with E-state index in [1.54, 1.807) is 12.1 Å². The molecule has 140 valence electrons. The molecule has 2 aliphatic heterocycles. The van der Waals surface area contributed by atoms with Gasteiger partial charge in [-0.1, -0.05) is 0 Å². The number of aromatic amines is 1. The summed E-state index contributed by atoms with van der Waals surface area (Å²) in [5.74, 6) is 0.790. The Morgan fingerprint density at radius 1 is 1.42 bits per heavy atom. The molecule has 1 aromatic carbocycles. The van der Waals surface area contributed by atoms with Crippen LogP contribution in [0, 0.1) is 11.2 Å². The number of benzene rings is 1. The van der Waals surface area contributed by atoms with E-state index in [2.05, 4.69) is 22.1 Å². The van der Waals surface area contributed by atoms with Gasteiger partial charge in [0.05, 0.1) is 6.61 Å². The summed E-state index contributed by atoms with van der Waals surface area (Å²) in [5.41, 5.74) is 2.41. The number of aliphatic imine (C=N–C) groups is 1. The van der Waals surface area contributed by atoms with Gasteiger partial charge in [-0.3, -0.25) is 4.99 Å². The maximum Gasteiger partial charge on any atom is 0.193 e. The van der Waals surface area contributed by atoms with Crippen molar-refractivity contribution in [1.29, 1.82) is 0 Å². The van der Waals surface area contributed by atoms with Crippen molar-refractivity contribution in [3.05, 3.63) is 35.8 Å². The molecule has 3 heterocycles. The third-order valence-corrected chi connectivity index (χ3v) is 5.63. The maximum absolute atomic E-state index is 13.5. The molecule has 1 unspecified atom stereocenters. The van der Waals surface area contributed by atoms with Gasteiger partial charge in [-0.15, -0.1) is 0 Å². The Morgan fingerprint density at radius 3 is 3.15 bits per heavy atom. The van der Waals surface area contributed by atoms with Gasteiger partial charge < -0.3 is 19.9 Å². The first-order valence-electron chi connectivity index (χ1n) is 9.56. The van der Waals surface area contributed by atoms with Crippen LogP contribution < -0.4 is 5.32 Å². The lowest BCUT2D eigenvalue weighted by molar-refractivity contribution is 0.156. The second kappa shape index (κ2) is 7.27. The third kappa shape index (κ3) is 3.43. The van der Waals surface area contributed by atoms with Crippen LogP contribution in [0.5, 0.6) is 0 Å². The Bertz CT molecular complexity index is 794. The zero-order valence-corrected chi connectivity index (χ0v) is 15.4. The average molecular weight is 358 g/mol. The van der Waals surface area contributed by atoms with Crippen LogP contribution in [0.3, 0.4) is 0 Å². The summed E-state index contributed by atoms with van der Waals surface area (Å²) in [5, 5.41) is 4.38. The SMILES string of the molecule is CCNC(=NCCc1c[nH]c2ccc(F)cc12)N1CCC2(CCOC2)C1. The summed E-state index contributed by atoms with van der Waals surface area (Å²) < 4.78 is 19.2. The monoisotopic (exact) mass is 358 g/mol. The molecular weight excluding hydrogens is 331 g/mol. The smallest absolute Gasteiger partial charge is 0.193 e. The van der Waals surface area contributed by atoms with Crippen LogP contribution in [0.2, 0.25) is 0 Å². The number of rotatable bonds is 4. The molecule has 2 fully saturated rings. The largest absolute Gasteiger partial charge is 0.381 e. The second-order valence-electron chi connectivity index (χ2n) is 7.46. The molecule has 2 aromatic rings. The Labute approximate surface area is 153 Å². The van der Waals surface area contributed by atoms with E-state index in [1.807, 2.05) is 6.20 Å². The second-order valence-corrected chi connectivity index (χ2v) is 7.46. The van der Waals surface area contributed by atoms with Crippen LogP contribution in [-0.2, 0) is 11.2 Å². The number of nitrogens with zero attached hydrogens (tertiary/aromatic N) is 2. The van der Waals surface area contributed by atoms with E-state index in [4.69, 9.17) is 9.73 Å². The van der Waals surface area contributed by atoms with Crippen molar-refractivity contribution >= 4 is 16.9 Å². The van der Waals surface area contributed by atoms with E-state index in [0.717, 1.165) is 68.1 Å². The molecule has 2 N–H and O–H groups in total. The van der Waals surface area contributed by atoms with Crippen LogP contribution >= 0.6 is 0 Å². The minimum atomic E-state index is -0.198. The van der Waals surface area contributed by atoms with E-state index >= 15 is 0 Å². The highest BCUT2D eigenvalue weighted by atomic mass is 19.1. The zero-order valence-electron chi connectivity index (χ0n) is 15.4. The molecule has 6 heteroatoms. The lowest BCUT2D eigenvalue weighted by atomic mass is 9.87. The number of fused-ring (bicyclic) bond motifs is 1. The van der Waals surface area contributed by atoms with Gasteiger partial charge in [0.1, 0.15) is 5.82 Å². The number of ether oxygens (including phenoxy) is 1. The molecule has 5 nitrogen and oxygen atoms in total. The van der Waals surface area contributed by atoms with Crippen LogP contribution in [0.1, 0.15) is 25.3 Å². The molecular formula is C20H27FN4O. The van der Waals surface area contributed by atoms with E-state index in [-0.39, 0.29) is 5.82 Å². The van der Waals surface area contributed by atoms with Gasteiger partial charge >= 0.3 is 0 Å². The van der Waals surface area contributed by atoms with Gasteiger partial charge in [-0.25, -0.2) is 4.39 Å². The van der Waals surface area contributed by atoms with Crippen LogP contribution in [-0.4, -0.2) is 55.2 Å². The molecule has 2 aliphatic rings. The maximum atomic E-state index is 13.5. The summed E-state index contributed by atoms with van der Waals surface area (Å²) in [4.78, 5) is 10.4. The Morgan fingerprint density at radius 2 is 2.35 bits per heavy atom. The zero-order chi connectivity index (χ0) is 18.0. The number of halogens is 1. The summed E-state index contributed by atoms with van der Waals surface area (Å²) >= 11 is 0. The summed E-state index contributed by atoms with van der Waals surface area (Å²) in [7, 11) is 0. The molecule has 0 aliphatic carbocycles. The van der Waals surface area contributed by atoms with Crippen molar-refractivity contribution in [3.63, 3.8) is 0 Å². The summed E-state index contributed by atoms with van der Waals surface area (Å²) in [6.07, 6.45) is 5.09. The number of hydrogen-bond acceptors (Lipinski definition) is 2. The number of H-pyrrole nitrogens is 1. The number of likely N-dealkylation sites (tertiary alicyclic amines) is 1. The van der Waals surface area contributed by atoms with Gasteiger partial charge in [0.15, 0.2) is 5.96 Å². The fourth-order valence-electron chi connectivity index (χ4n) is 4.15. The van der Waals surface area contributed by atoms with Gasteiger partial charge in [0.2, 0.25) is 0 Å². The minimum absolute atomic E-state index is 0.198. The van der Waals surface area contributed by atoms with E-state index in [1.165, 1.54) is 12.5 Å². The molecule has 0 saturated carbocycles. The van der Waals surface area contributed by atoms with Crippen LogP contribution in [0.25, 0.3) is 10.9 Å². The number of nitrogens with one attached hydrogen (secondary N) is 2. The Balaban J connectivity index is 1.43. The first kappa shape index (κ1) is 17.3. The predicted octanol–water partition coefficient (Wildman–Crippen LogP) is 2.93. The number of guanidine groups is 1. The molecule has 1 spiro atoms. The first-order valence-corrected chi connectivity index (χ1v) is 9.56. The van der Waals surface area contributed by atoms with Gasteiger partial charge in [-0.2, -0.15) is 0 Å². The van der Waals surface area contributed by atoms with Gasteiger partial charge in [0.25, 0.3) is 0 Å². The lowest BCUT2D eigenvalue weighted by Crippen LogP contribution is -2.41. The van der Waals surface area contributed by atoms with Crippen molar-refractivity contribution in [2.24, 2.45) is 10.4 Å². The van der Waals surface area contributed by atoms with E-state index in [9.17, 15) is 4.39 Å². The average Bonchev–Trinajstić information content (AvgIpc) is 3.36. The standard InChI is InChI=1S/C20H27FN4O/c1-2-22-19(25-9-6-20(13-25)7-10-26-14-20)23-8-5-15-12-24-18-4-3-16(21)11-17(15)18/h3-4,11-12,24H,2,5-10,13-14H2,1H3,(H,22,23). The Hall–Kier alpha value is -2.08. The van der Waals surface area contributed by atoms with Crippen LogP contribution in [0.4, 0.5) is 4.39 Å². The molecule has 1 atom stereocenters. The summed E-state index contributed by atoms with van der Waals surface area (Å²) in [6.45, 7) is 7.47. The van der Waals surface area contributed by atoms with Gasteiger partial charge in [0, 0.05) is 55.3 Å². The van der Waals surface area contributed by atoms with E-state index < -0.39 is 0 Å². The normalized spacial score (nSPS) is 23.5. The Kier molecular flexibility index (Phi) is 4.85. The molecule has 1 aromatic heterocycles.